The van der Waals surface area contributed by atoms with Gasteiger partial charge in [0.25, 0.3) is 11.5 Å². The number of fused-ring (bicyclic) bond motifs is 3. The number of carbonyl (C=O) groups is 1. The maximum atomic E-state index is 13.2. The molecule has 160 valence electrons. The SMILES string of the molecule is CCC(C)NC(=O)c1ccc2c(=O)n(C)c3nn(Cc4ccc(F)cc4)c(=O)n3c2c1. The van der Waals surface area contributed by atoms with Crippen LogP contribution in [0.4, 0.5) is 4.39 Å². The van der Waals surface area contributed by atoms with Crippen LogP contribution in [0, 0.1) is 5.82 Å². The van der Waals surface area contributed by atoms with Crippen LogP contribution in [0.15, 0.2) is 52.1 Å². The Hall–Kier alpha value is -3.75. The predicted molar refractivity (Wildman–Crippen MR) is 115 cm³/mol. The van der Waals surface area contributed by atoms with Gasteiger partial charge in [-0.2, -0.15) is 0 Å². The maximum absolute atomic E-state index is 13.2. The highest BCUT2D eigenvalue weighted by atomic mass is 19.1. The van der Waals surface area contributed by atoms with E-state index < -0.39 is 5.69 Å². The molecule has 4 rings (SSSR count). The number of carbonyl (C=O) groups excluding carboxylic acids is 1. The fourth-order valence-electron chi connectivity index (χ4n) is 3.41. The Labute approximate surface area is 176 Å². The molecule has 0 spiro atoms. The van der Waals surface area contributed by atoms with E-state index in [1.807, 2.05) is 13.8 Å². The van der Waals surface area contributed by atoms with E-state index in [1.165, 1.54) is 38.9 Å². The van der Waals surface area contributed by atoms with E-state index in [-0.39, 0.29) is 35.6 Å². The number of nitrogens with zero attached hydrogens (tertiary/aromatic N) is 4. The van der Waals surface area contributed by atoms with Gasteiger partial charge in [0, 0.05) is 18.7 Å². The van der Waals surface area contributed by atoms with Crippen LogP contribution in [0.3, 0.4) is 0 Å². The lowest BCUT2D eigenvalue weighted by molar-refractivity contribution is 0.0939. The van der Waals surface area contributed by atoms with Crippen molar-refractivity contribution >= 4 is 22.6 Å². The number of halogens is 1. The quantitative estimate of drug-likeness (QED) is 0.532. The summed E-state index contributed by atoms with van der Waals surface area (Å²) >= 11 is 0. The Balaban J connectivity index is 1.89. The molecule has 1 atom stereocenters. The van der Waals surface area contributed by atoms with Crippen LogP contribution in [0.2, 0.25) is 0 Å². The summed E-state index contributed by atoms with van der Waals surface area (Å²) in [7, 11) is 1.54. The molecule has 0 aliphatic rings. The molecule has 1 amide bonds. The molecule has 31 heavy (non-hydrogen) atoms. The molecule has 9 heteroatoms. The average molecular weight is 423 g/mol. The molecule has 0 bridgehead atoms. The first-order chi connectivity index (χ1) is 14.8. The van der Waals surface area contributed by atoms with Gasteiger partial charge in [0.1, 0.15) is 5.82 Å². The summed E-state index contributed by atoms with van der Waals surface area (Å²) < 4.78 is 17.0. The highest BCUT2D eigenvalue weighted by Gasteiger charge is 2.18. The molecule has 4 aromatic rings. The second-order valence-electron chi connectivity index (χ2n) is 7.58. The molecule has 1 N–H and O–H groups in total. The van der Waals surface area contributed by atoms with Gasteiger partial charge in [0.05, 0.1) is 17.4 Å². The third-order valence-electron chi connectivity index (χ3n) is 5.39. The first kappa shape index (κ1) is 20.5. The smallest absolute Gasteiger partial charge is 0.350 e. The average Bonchev–Trinajstić information content (AvgIpc) is 3.09. The van der Waals surface area contributed by atoms with Crippen LogP contribution >= 0.6 is 0 Å². The molecule has 0 fully saturated rings. The van der Waals surface area contributed by atoms with Gasteiger partial charge in [0.2, 0.25) is 5.78 Å². The van der Waals surface area contributed by atoms with Crippen LogP contribution in [0.5, 0.6) is 0 Å². The highest BCUT2D eigenvalue weighted by molar-refractivity contribution is 5.98. The van der Waals surface area contributed by atoms with Gasteiger partial charge in [-0.1, -0.05) is 19.1 Å². The molecule has 0 radical (unpaired) electrons. The summed E-state index contributed by atoms with van der Waals surface area (Å²) in [6, 6.07) is 10.4. The molecular weight excluding hydrogens is 401 g/mol. The monoisotopic (exact) mass is 423 g/mol. The number of rotatable bonds is 5. The third kappa shape index (κ3) is 3.63. The Bertz CT molecular complexity index is 1420. The minimum absolute atomic E-state index is 0.00644. The van der Waals surface area contributed by atoms with Crippen LogP contribution in [-0.2, 0) is 13.6 Å². The van der Waals surface area contributed by atoms with Gasteiger partial charge in [-0.3, -0.25) is 14.2 Å². The minimum Gasteiger partial charge on any atom is -0.350 e. The van der Waals surface area contributed by atoms with Crippen molar-refractivity contribution in [2.75, 3.05) is 0 Å². The lowest BCUT2D eigenvalue weighted by atomic mass is 10.1. The first-order valence-electron chi connectivity index (χ1n) is 9.97. The number of aromatic nitrogens is 4. The second-order valence-corrected chi connectivity index (χ2v) is 7.58. The van der Waals surface area contributed by atoms with Crippen molar-refractivity contribution in [3.8, 4) is 0 Å². The van der Waals surface area contributed by atoms with Crippen LogP contribution in [0.1, 0.15) is 36.2 Å². The molecular formula is C22H22FN5O3. The van der Waals surface area contributed by atoms with Crippen molar-refractivity contribution in [1.29, 1.82) is 0 Å². The van der Waals surface area contributed by atoms with E-state index in [1.54, 1.807) is 24.3 Å². The van der Waals surface area contributed by atoms with E-state index in [0.29, 0.717) is 22.0 Å². The van der Waals surface area contributed by atoms with Crippen LogP contribution < -0.4 is 16.6 Å². The predicted octanol–water partition coefficient (Wildman–Crippen LogP) is 2.06. The third-order valence-corrected chi connectivity index (χ3v) is 5.39. The number of benzene rings is 2. The summed E-state index contributed by atoms with van der Waals surface area (Å²) in [6.07, 6.45) is 0.778. The van der Waals surface area contributed by atoms with Crippen molar-refractivity contribution in [3.05, 3.63) is 80.2 Å². The molecule has 2 heterocycles. The Morgan fingerprint density at radius 3 is 2.55 bits per heavy atom. The van der Waals surface area contributed by atoms with Gasteiger partial charge in [-0.15, -0.1) is 5.10 Å². The molecule has 0 aliphatic heterocycles. The number of aryl methyl sites for hydroxylation is 1. The molecule has 0 saturated carbocycles. The number of hydrogen-bond acceptors (Lipinski definition) is 4. The van der Waals surface area contributed by atoms with E-state index >= 15 is 0 Å². The fraction of sp³-hybridized carbons (Fsp3) is 0.273. The lowest BCUT2D eigenvalue weighted by Crippen LogP contribution is -2.32. The summed E-state index contributed by atoms with van der Waals surface area (Å²) in [4.78, 5) is 38.5. The normalized spacial score (nSPS) is 12.4. The lowest BCUT2D eigenvalue weighted by Gasteiger charge is -2.12. The number of nitrogens with one attached hydrogen (secondary N) is 1. The van der Waals surface area contributed by atoms with Crippen molar-refractivity contribution in [1.82, 2.24) is 24.1 Å². The van der Waals surface area contributed by atoms with Gasteiger partial charge in [-0.25, -0.2) is 18.3 Å². The molecule has 1 unspecified atom stereocenters. The van der Waals surface area contributed by atoms with Gasteiger partial charge in [-0.05, 0) is 49.2 Å². The second kappa shape index (κ2) is 7.82. The van der Waals surface area contributed by atoms with Gasteiger partial charge < -0.3 is 5.32 Å². The van der Waals surface area contributed by atoms with Crippen LogP contribution in [0.25, 0.3) is 16.7 Å². The Kier molecular flexibility index (Phi) is 5.18. The van der Waals surface area contributed by atoms with Crippen LogP contribution in [-0.4, -0.2) is 30.7 Å². The van der Waals surface area contributed by atoms with E-state index in [4.69, 9.17) is 0 Å². The summed E-state index contributed by atoms with van der Waals surface area (Å²) in [5.74, 6) is -0.497. The van der Waals surface area contributed by atoms with Crippen molar-refractivity contribution in [2.24, 2.45) is 7.05 Å². The summed E-state index contributed by atoms with van der Waals surface area (Å²) in [5, 5.41) is 7.50. The standard InChI is InChI=1S/C22H22FN5O3/c1-4-13(2)24-19(29)15-7-10-17-18(11-15)28-21(26(3)20(17)30)25-27(22(28)31)12-14-5-8-16(23)9-6-14/h5-11,13H,4,12H2,1-3H3,(H,24,29). The molecule has 0 aliphatic carbocycles. The van der Waals surface area contributed by atoms with E-state index in [2.05, 4.69) is 10.4 Å². The minimum atomic E-state index is -0.459. The molecule has 8 nitrogen and oxygen atoms in total. The van der Waals surface area contributed by atoms with E-state index in [0.717, 1.165) is 6.42 Å². The highest BCUT2D eigenvalue weighted by Crippen LogP contribution is 2.14. The molecule has 2 aromatic carbocycles. The summed E-state index contributed by atoms with van der Waals surface area (Å²) in [6.45, 7) is 3.98. The Morgan fingerprint density at radius 1 is 1.16 bits per heavy atom. The molecule has 2 aromatic heterocycles. The summed E-state index contributed by atoms with van der Waals surface area (Å²) in [5.41, 5.74) is 0.565. The van der Waals surface area contributed by atoms with Crippen molar-refractivity contribution in [2.45, 2.75) is 32.9 Å². The van der Waals surface area contributed by atoms with E-state index in [9.17, 15) is 18.8 Å². The fourth-order valence-corrected chi connectivity index (χ4v) is 3.41. The van der Waals surface area contributed by atoms with Gasteiger partial charge >= 0.3 is 5.69 Å². The van der Waals surface area contributed by atoms with Gasteiger partial charge in [0.15, 0.2) is 0 Å². The number of amides is 1. The zero-order chi connectivity index (χ0) is 22.3. The van der Waals surface area contributed by atoms with Crippen molar-refractivity contribution < 1.29 is 9.18 Å². The largest absolute Gasteiger partial charge is 0.352 e. The maximum Gasteiger partial charge on any atom is 0.352 e. The Morgan fingerprint density at radius 2 is 1.87 bits per heavy atom. The molecule has 0 saturated heterocycles. The first-order valence-corrected chi connectivity index (χ1v) is 9.97. The zero-order valence-electron chi connectivity index (χ0n) is 17.4. The zero-order valence-corrected chi connectivity index (χ0v) is 17.4. The topological polar surface area (TPSA) is 90.4 Å². The number of hydrogen-bond donors (Lipinski definition) is 1. The van der Waals surface area contributed by atoms with Crippen molar-refractivity contribution in [3.63, 3.8) is 0 Å².